The summed E-state index contributed by atoms with van der Waals surface area (Å²) < 4.78 is 0. The Balaban J connectivity index is 2.54. The monoisotopic (exact) mass is 307 g/mol. The van der Waals surface area contributed by atoms with E-state index in [1.807, 2.05) is 30.3 Å². The van der Waals surface area contributed by atoms with Crippen LogP contribution >= 0.6 is 0 Å². The first-order chi connectivity index (χ1) is 10.5. The predicted octanol–water partition coefficient (Wildman–Crippen LogP) is -0.357. The molecule has 122 valence electrons. The minimum Gasteiger partial charge on any atom is -0.427 e. The lowest BCUT2D eigenvalue weighted by molar-refractivity contribution is -0.123. The van der Waals surface area contributed by atoms with Gasteiger partial charge in [-0.3, -0.25) is 4.79 Å². The van der Waals surface area contributed by atoms with Crippen molar-refractivity contribution in [2.24, 2.45) is 11.5 Å². The summed E-state index contributed by atoms with van der Waals surface area (Å²) in [6.07, 6.45) is 2.81. The molecule has 0 aromatic heterocycles. The van der Waals surface area contributed by atoms with Crippen LogP contribution in [0.25, 0.3) is 0 Å². The van der Waals surface area contributed by atoms with E-state index in [0.29, 0.717) is 19.4 Å². The molecule has 0 unspecified atom stereocenters. The molecule has 1 aromatic carbocycles. The predicted molar refractivity (Wildman–Crippen MR) is 88.0 cm³/mol. The van der Waals surface area contributed by atoms with Gasteiger partial charge >= 0.3 is 7.12 Å². The van der Waals surface area contributed by atoms with Crippen LogP contribution in [-0.4, -0.2) is 41.7 Å². The number of carbonyl (C=O) groups excluding carboxylic acids is 1. The van der Waals surface area contributed by atoms with E-state index in [-0.39, 0.29) is 18.3 Å². The summed E-state index contributed by atoms with van der Waals surface area (Å²) in [5.41, 5.74) is 12.3. The zero-order valence-corrected chi connectivity index (χ0v) is 12.8. The van der Waals surface area contributed by atoms with Gasteiger partial charge < -0.3 is 26.8 Å². The first kappa shape index (κ1) is 18.6. The van der Waals surface area contributed by atoms with Gasteiger partial charge in [-0.1, -0.05) is 36.8 Å². The molecular formula is C15H26BN3O3. The first-order valence-corrected chi connectivity index (χ1v) is 7.69. The smallest absolute Gasteiger partial charge is 0.427 e. The number of hydrogen-bond acceptors (Lipinski definition) is 5. The molecule has 0 fully saturated rings. The van der Waals surface area contributed by atoms with E-state index < -0.39 is 13.2 Å². The lowest BCUT2D eigenvalue weighted by Crippen LogP contribution is -2.47. The molecule has 0 bridgehead atoms. The van der Waals surface area contributed by atoms with Gasteiger partial charge in [0.15, 0.2) is 0 Å². The lowest BCUT2D eigenvalue weighted by atomic mass is 9.79. The molecule has 0 radical (unpaired) electrons. The third kappa shape index (κ3) is 7.56. The molecule has 7 heteroatoms. The molecule has 0 aliphatic heterocycles. The first-order valence-electron chi connectivity index (χ1n) is 7.69. The molecule has 0 spiro atoms. The molecule has 1 amide bonds. The Bertz CT molecular complexity index is 431. The highest BCUT2D eigenvalue weighted by Gasteiger charge is 2.22. The largest absolute Gasteiger partial charge is 0.453 e. The van der Waals surface area contributed by atoms with Crippen molar-refractivity contribution in [1.82, 2.24) is 5.32 Å². The standard InChI is InChI=1S/C15H26BN3O3/c17-9-5-4-8-14(18)15(20)19-13(11-16(21)22)10-12-6-2-1-3-7-12/h1-3,6-7,13-14,21-22H,4-5,8-11,17-18H2,(H,19,20)/t13-,14+/m1/s1. The summed E-state index contributed by atoms with van der Waals surface area (Å²) in [5, 5.41) is 21.2. The number of nitrogens with two attached hydrogens (primary N) is 2. The van der Waals surface area contributed by atoms with Crippen molar-refractivity contribution in [3.8, 4) is 0 Å². The fourth-order valence-electron chi connectivity index (χ4n) is 2.29. The quantitative estimate of drug-likeness (QED) is 0.299. The highest BCUT2D eigenvalue weighted by Crippen LogP contribution is 2.08. The number of amides is 1. The average molecular weight is 307 g/mol. The molecule has 0 aliphatic carbocycles. The van der Waals surface area contributed by atoms with Gasteiger partial charge in [-0.2, -0.15) is 0 Å². The molecule has 1 rings (SSSR count). The minimum absolute atomic E-state index is 0.0656. The van der Waals surface area contributed by atoms with Crippen molar-refractivity contribution in [3.05, 3.63) is 35.9 Å². The second kappa shape index (κ2) is 10.3. The Kier molecular flexibility index (Phi) is 8.76. The van der Waals surface area contributed by atoms with Crippen LogP contribution in [0, 0.1) is 0 Å². The minimum atomic E-state index is -1.47. The van der Waals surface area contributed by atoms with E-state index in [1.165, 1.54) is 0 Å². The maximum absolute atomic E-state index is 12.1. The van der Waals surface area contributed by atoms with Crippen LogP contribution in [-0.2, 0) is 11.2 Å². The zero-order valence-electron chi connectivity index (χ0n) is 12.8. The van der Waals surface area contributed by atoms with Gasteiger partial charge in [0.25, 0.3) is 0 Å². The maximum Gasteiger partial charge on any atom is 0.453 e. The van der Waals surface area contributed by atoms with Crippen LogP contribution in [0.2, 0.25) is 6.32 Å². The van der Waals surface area contributed by atoms with E-state index in [0.717, 1.165) is 18.4 Å². The average Bonchev–Trinajstić information content (AvgIpc) is 2.47. The summed E-state index contributed by atoms with van der Waals surface area (Å²) >= 11 is 0. The summed E-state index contributed by atoms with van der Waals surface area (Å²) in [5.74, 6) is -0.265. The van der Waals surface area contributed by atoms with Crippen molar-refractivity contribution in [1.29, 1.82) is 0 Å². The number of hydrogen-bond donors (Lipinski definition) is 5. The van der Waals surface area contributed by atoms with Crippen molar-refractivity contribution in [3.63, 3.8) is 0 Å². The molecule has 2 atom stereocenters. The third-order valence-corrected chi connectivity index (χ3v) is 3.47. The summed E-state index contributed by atoms with van der Waals surface area (Å²) in [7, 11) is -1.47. The van der Waals surface area contributed by atoms with Crippen molar-refractivity contribution in [2.45, 2.75) is 44.1 Å². The topological polar surface area (TPSA) is 122 Å². The molecule has 0 heterocycles. The molecule has 22 heavy (non-hydrogen) atoms. The molecule has 7 N–H and O–H groups in total. The van der Waals surface area contributed by atoms with Crippen LogP contribution in [0.15, 0.2) is 30.3 Å². The van der Waals surface area contributed by atoms with Gasteiger partial charge in [0.1, 0.15) is 0 Å². The summed E-state index contributed by atoms with van der Waals surface area (Å²) in [6.45, 7) is 0.585. The Morgan fingerprint density at radius 2 is 1.91 bits per heavy atom. The van der Waals surface area contributed by atoms with Gasteiger partial charge in [0, 0.05) is 12.4 Å². The number of rotatable bonds is 10. The van der Waals surface area contributed by atoms with Crippen LogP contribution < -0.4 is 16.8 Å². The number of carbonyl (C=O) groups is 1. The Morgan fingerprint density at radius 3 is 2.50 bits per heavy atom. The number of nitrogens with one attached hydrogen (secondary N) is 1. The zero-order chi connectivity index (χ0) is 16.4. The normalized spacial score (nSPS) is 13.5. The molecule has 0 saturated heterocycles. The second-order valence-corrected chi connectivity index (χ2v) is 5.50. The van der Waals surface area contributed by atoms with Gasteiger partial charge in [-0.25, -0.2) is 0 Å². The third-order valence-electron chi connectivity index (χ3n) is 3.47. The van der Waals surface area contributed by atoms with E-state index in [2.05, 4.69) is 5.32 Å². The van der Waals surface area contributed by atoms with Crippen LogP contribution in [0.4, 0.5) is 0 Å². The van der Waals surface area contributed by atoms with Crippen LogP contribution in [0.3, 0.4) is 0 Å². The van der Waals surface area contributed by atoms with Crippen molar-refractivity contribution >= 4 is 13.0 Å². The molecule has 0 aliphatic rings. The molecule has 6 nitrogen and oxygen atoms in total. The fourth-order valence-corrected chi connectivity index (χ4v) is 2.29. The van der Waals surface area contributed by atoms with Crippen LogP contribution in [0.1, 0.15) is 24.8 Å². The van der Waals surface area contributed by atoms with Gasteiger partial charge in [0.2, 0.25) is 5.91 Å². The Hall–Kier alpha value is -1.41. The highest BCUT2D eigenvalue weighted by molar-refractivity contribution is 6.41. The van der Waals surface area contributed by atoms with E-state index in [4.69, 9.17) is 11.5 Å². The summed E-state index contributed by atoms with van der Waals surface area (Å²) in [4.78, 5) is 12.1. The van der Waals surface area contributed by atoms with Gasteiger partial charge in [-0.05, 0) is 31.4 Å². The van der Waals surface area contributed by atoms with Crippen molar-refractivity contribution < 1.29 is 14.8 Å². The molecule has 1 aromatic rings. The number of benzene rings is 1. The fraction of sp³-hybridized carbons (Fsp3) is 0.533. The van der Waals surface area contributed by atoms with Gasteiger partial charge in [-0.15, -0.1) is 0 Å². The van der Waals surface area contributed by atoms with Crippen LogP contribution in [0.5, 0.6) is 0 Å². The van der Waals surface area contributed by atoms with E-state index in [9.17, 15) is 14.8 Å². The SMILES string of the molecule is NCCCC[C@H](N)C(=O)N[C@@H](CB(O)O)Cc1ccccc1. The van der Waals surface area contributed by atoms with Gasteiger partial charge in [0.05, 0.1) is 6.04 Å². The van der Waals surface area contributed by atoms with Crippen molar-refractivity contribution in [2.75, 3.05) is 6.54 Å². The maximum atomic E-state index is 12.1. The highest BCUT2D eigenvalue weighted by atomic mass is 16.4. The second-order valence-electron chi connectivity index (χ2n) is 5.50. The Morgan fingerprint density at radius 1 is 1.23 bits per heavy atom. The Labute approximate surface area is 132 Å². The van der Waals surface area contributed by atoms with E-state index in [1.54, 1.807) is 0 Å². The summed E-state index contributed by atoms with van der Waals surface area (Å²) in [6, 6.07) is 8.63. The molecule has 0 saturated carbocycles. The lowest BCUT2D eigenvalue weighted by Gasteiger charge is -2.21. The molecular weight excluding hydrogens is 281 g/mol. The number of unbranched alkanes of at least 4 members (excludes halogenated alkanes) is 1. The van der Waals surface area contributed by atoms with E-state index >= 15 is 0 Å².